The van der Waals surface area contributed by atoms with E-state index < -0.39 is 36.0 Å². The summed E-state index contributed by atoms with van der Waals surface area (Å²) in [6, 6.07) is 0. The molecular weight excluding hydrogens is 364 g/mol. The summed E-state index contributed by atoms with van der Waals surface area (Å²) in [6.07, 6.45) is 0.991. The normalized spacial score (nSPS) is 37.1. The van der Waals surface area contributed by atoms with E-state index in [1.807, 2.05) is 33.8 Å². The monoisotopic (exact) mass is 396 g/mol. The molecule has 1 saturated heterocycles. The number of carbonyl (C=O) groups excluding carboxylic acids is 3. The summed E-state index contributed by atoms with van der Waals surface area (Å²) in [7, 11) is 0. The van der Waals surface area contributed by atoms with Gasteiger partial charge in [-0.1, -0.05) is 25.5 Å². The molecule has 1 fully saturated rings. The third-order valence-electron chi connectivity index (χ3n) is 5.54. The van der Waals surface area contributed by atoms with Gasteiger partial charge in [-0.15, -0.1) is 0 Å². The number of hydrogen-bond donors (Lipinski definition) is 0. The van der Waals surface area contributed by atoms with E-state index in [4.69, 9.17) is 18.9 Å². The van der Waals surface area contributed by atoms with Crippen molar-refractivity contribution in [2.45, 2.75) is 91.3 Å². The zero-order valence-corrected chi connectivity index (χ0v) is 17.8. The lowest BCUT2D eigenvalue weighted by Crippen LogP contribution is -2.47. The van der Waals surface area contributed by atoms with Crippen molar-refractivity contribution in [3.63, 3.8) is 0 Å². The quantitative estimate of drug-likeness (QED) is 0.312. The molecule has 1 aliphatic heterocycles. The van der Waals surface area contributed by atoms with Gasteiger partial charge in [-0.05, 0) is 19.8 Å². The predicted octanol–water partition coefficient (Wildman–Crippen LogP) is 2.95. The van der Waals surface area contributed by atoms with Crippen LogP contribution in [0.5, 0.6) is 0 Å². The fourth-order valence-electron chi connectivity index (χ4n) is 4.22. The van der Waals surface area contributed by atoms with Gasteiger partial charge >= 0.3 is 17.9 Å². The van der Waals surface area contributed by atoms with Crippen molar-refractivity contribution in [3.05, 3.63) is 11.6 Å². The summed E-state index contributed by atoms with van der Waals surface area (Å²) in [5.41, 5.74) is 0.242. The Balaban J connectivity index is 2.49. The van der Waals surface area contributed by atoms with Gasteiger partial charge in [-0.25, -0.2) is 0 Å². The van der Waals surface area contributed by atoms with Crippen molar-refractivity contribution in [2.24, 2.45) is 11.8 Å². The number of carbonyl (C=O) groups is 3. The first-order chi connectivity index (χ1) is 13.0. The van der Waals surface area contributed by atoms with E-state index in [1.54, 1.807) is 0 Å². The molecule has 0 aromatic carbocycles. The number of hydrogen-bond acceptors (Lipinski definition) is 7. The van der Waals surface area contributed by atoms with Crippen LogP contribution in [0.2, 0.25) is 0 Å². The van der Waals surface area contributed by atoms with Crippen LogP contribution in [0, 0.1) is 11.8 Å². The Morgan fingerprint density at radius 3 is 2.14 bits per heavy atom. The molecule has 2 aliphatic rings. The zero-order chi connectivity index (χ0) is 21.2. The van der Waals surface area contributed by atoms with Crippen molar-refractivity contribution in [2.75, 3.05) is 0 Å². The second-order valence-electron chi connectivity index (χ2n) is 8.35. The molecule has 7 heteroatoms. The number of rotatable bonds is 4. The van der Waals surface area contributed by atoms with Gasteiger partial charge < -0.3 is 18.9 Å². The molecule has 0 unspecified atom stereocenters. The minimum Gasteiger partial charge on any atom is -0.462 e. The molecule has 0 aromatic rings. The second kappa shape index (κ2) is 8.64. The van der Waals surface area contributed by atoms with E-state index in [2.05, 4.69) is 0 Å². The van der Waals surface area contributed by atoms with Gasteiger partial charge in [-0.2, -0.15) is 0 Å². The average Bonchev–Trinajstić information content (AvgIpc) is 3.21. The zero-order valence-electron chi connectivity index (χ0n) is 17.8. The molecule has 6 atom stereocenters. The number of epoxide rings is 1. The first-order valence-corrected chi connectivity index (χ1v) is 9.80. The van der Waals surface area contributed by atoms with Gasteiger partial charge in [0.2, 0.25) is 0 Å². The highest BCUT2D eigenvalue weighted by atomic mass is 16.7. The number of esters is 3. The van der Waals surface area contributed by atoms with Crippen molar-refractivity contribution in [1.29, 1.82) is 0 Å². The third kappa shape index (κ3) is 5.13. The molecule has 28 heavy (non-hydrogen) atoms. The molecule has 0 saturated carbocycles. The molecule has 7 nitrogen and oxygen atoms in total. The standard InChI is InChI=1S/C21H32O7/c1-11(2)18-16(25-13(4)22)10-12(3)8-9-17(26-14(5)23)21(7)20(28-21)19(18)27-15(6)24/h8,11,16-20H,9-10H2,1-7H3/b12-8-/t16-,17-,18+,19+,20+,21-/m0/s1. The molecule has 0 aromatic heterocycles. The van der Waals surface area contributed by atoms with Crippen molar-refractivity contribution < 1.29 is 33.3 Å². The maximum atomic E-state index is 11.9. The smallest absolute Gasteiger partial charge is 0.303 e. The van der Waals surface area contributed by atoms with Gasteiger partial charge in [0.05, 0.1) is 0 Å². The fraction of sp³-hybridized carbons (Fsp3) is 0.762. The predicted molar refractivity (Wildman–Crippen MR) is 101 cm³/mol. The summed E-state index contributed by atoms with van der Waals surface area (Å²) < 4.78 is 22.9. The molecule has 158 valence electrons. The van der Waals surface area contributed by atoms with Crippen LogP contribution < -0.4 is 0 Å². The van der Waals surface area contributed by atoms with E-state index in [9.17, 15) is 14.4 Å². The Labute approximate surface area is 166 Å². The third-order valence-corrected chi connectivity index (χ3v) is 5.54. The Kier molecular flexibility index (Phi) is 6.91. The Morgan fingerprint density at radius 2 is 1.64 bits per heavy atom. The Bertz CT molecular complexity index is 653. The topological polar surface area (TPSA) is 91.4 Å². The van der Waals surface area contributed by atoms with Crippen molar-refractivity contribution in [3.8, 4) is 0 Å². The van der Waals surface area contributed by atoms with Crippen LogP contribution in [-0.2, 0) is 33.3 Å². The highest BCUT2D eigenvalue weighted by Crippen LogP contribution is 2.49. The Morgan fingerprint density at radius 1 is 1.07 bits per heavy atom. The molecule has 0 amide bonds. The van der Waals surface area contributed by atoms with Crippen LogP contribution in [0.1, 0.15) is 61.3 Å². The van der Waals surface area contributed by atoms with Crippen LogP contribution in [-0.4, -0.2) is 47.9 Å². The molecule has 0 radical (unpaired) electrons. The number of ether oxygens (including phenoxy) is 4. The van der Waals surface area contributed by atoms with Gasteiger partial charge in [0.25, 0.3) is 0 Å². The minimum atomic E-state index is -0.770. The number of fused-ring (bicyclic) bond motifs is 1. The molecule has 2 rings (SSSR count). The molecular formula is C21H32O7. The van der Waals surface area contributed by atoms with Crippen LogP contribution in [0.4, 0.5) is 0 Å². The van der Waals surface area contributed by atoms with Gasteiger partial charge in [-0.3, -0.25) is 14.4 Å². The van der Waals surface area contributed by atoms with Crippen molar-refractivity contribution in [1.82, 2.24) is 0 Å². The van der Waals surface area contributed by atoms with Crippen LogP contribution in [0.15, 0.2) is 11.6 Å². The summed E-state index contributed by atoms with van der Waals surface area (Å²) in [5.74, 6) is -1.39. The van der Waals surface area contributed by atoms with Gasteiger partial charge in [0.1, 0.15) is 30.0 Å². The lowest BCUT2D eigenvalue weighted by Gasteiger charge is -2.36. The van der Waals surface area contributed by atoms with E-state index in [0.29, 0.717) is 12.8 Å². The first-order valence-electron chi connectivity index (χ1n) is 9.80. The fourth-order valence-corrected chi connectivity index (χ4v) is 4.22. The van der Waals surface area contributed by atoms with Gasteiger partial charge in [0.15, 0.2) is 0 Å². The average molecular weight is 396 g/mol. The summed E-state index contributed by atoms with van der Waals surface area (Å²) in [5, 5.41) is 0. The Hall–Kier alpha value is -1.89. The molecule has 1 heterocycles. The SMILES string of the molecule is CC(=O)O[C@@H]1[C@H](C(C)C)[C@@H](OC(C)=O)C/C(C)=C\C[C@H](OC(C)=O)[C@]2(C)O[C@H]12. The van der Waals surface area contributed by atoms with E-state index in [-0.39, 0.29) is 23.8 Å². The minimum absolute atomic E-state index is 0.0570. The molecule has 0 bridgehead atoms. The van der Waals surface area contributed by atoms with Crippen LogP contribution >= 0.6 is 0 Å². The largest absolute Gasteiger partial charge is 0.462 e. The molecule has 0 N–H and O–H groups in total. The summed E-state index contributed by atoms with van der Waals surface area (Å²) in [4.78, 5) is 35.2. The second-order valence-corrected chi connectivity index (χ2v) is 8.35. The lowest BCUT2D eigenvalue weighted by atomic mass is 9.77. The highest BCUT2D eigenvalue weighted by molar-refractivity contribution is 5.67. The van der Waals surface area contributed by atoms with Crippen LogP contribution in [0.25, 0.3) is 0 Å². The summed E-state index contributed by atoms with van der Waals surface area (Å²) in [6.45, 7) is 11.9. The maximum Gasteiger partial charge on any atom is 0.303 e. The molecule has 0 spiro atoms. The summed E-state index contributed by atoms with van der Waals surface area (Å²) >= 11 is 0. The lowest BCUT2D eigenvalue weighted by molar-refractivity contribution is -0.163. The van der Waals surface area contributed by atoms with E-state index in [0.717, 1.165) is 5.57 Å². The maximum absolute atomic E-state index is 11.9. The van der Waals surface area contributed by atoms with Crippen LogP contribution in [0.3, 0.4) is 0 Å². The highest BCUT2D eigenvalue weighted by Gasteiger charge is 2.65. The van der Waals surface area contributed by atoms with Crippen molar-refractivity contribution >= 4 is 17.9 Å². The molecule has 1 aliphatic carbocycles. The van der Waals surface area contributed by atoms with Gasteiger partial charge in [0, 0.05) is 39.5 Å². The first kappa shape index (κ1) is 22.4. The van der Waals surface area contributed by atoms with E-state index >= 15 is 0 Å². The van der Waals surface area contributed by atoms with E-state index in [1.165, 1.54) is 20.8 Å².